The lowest BCUT2D eigenvalue weighted by Crippen LogP contribution is -2.44. The average Bonchev–Trinajstić information content (AvgIpc) is 2.70. The third kappa shape index (κ3) is 5.47. The van der Waals surface area contributed by atoms with Gasteiger partial charge in [0.05, 0.1) is 11.3 Å². The zero-order chi connectivity index (χ0) is 19.9. The Morgan fingerprint density at radius 2 is 1.75 bits per heavy atom. The van der Waals surface area contributed by atoms with Crippen LogP contribution in [0.3, 0.4) is 0 Å². The number of nitrogens with one attached hydrogen (secondary N) is 2. The van der Waals surface area contributed by atoms with Gasteiger partial charge in [-0.3, -0.25) is 20.4 Å². The van der Waals surface area contributed by atoms with E-state index < -0.39 is 5.91 Å². The van der Waals surface area contributed by atoms with Crippen molar-refractivity contribution in [3.05, 3.63) is 65.7 Å². The predicted molar refractivity (Wildman–Crippen MR) is 110 cm³/mol. The summed E-state index contributed by atoms with van der Waals surface area (Å²) in [4.78, 5) is 28.4. The summed E-state index contributed by atoms with van der Waals surface area (Å²) in [5, 5.41) is 1.88. The summed E-state index contributed by atoms with van der Waals surface area (Å²) in [5.74, 6) is -0.0150. The van der Waals surface area contributed by atoms with Crippen molar-refractivity contribution in [3.8, 4) is 5.75 Å². The highest BCUT2D eigenvalue weighted by Gasteiger charge is 2.09. The Morgan fingerprint density at radius 1 is 1.00 bits per heavy atom. The fourth-order valence-corrected chi connectivity index (χ4v) is 3.33. The van der Waals surface area contributed by atoms with E-state index in [9.17, 15) is 9.59 Å². The first-order valence-electron chi connectivity index (χ1n) is 8.77. The highest BCUT2D eigenvalue weighted by atomic mass is 32.2. The van der Waals surface area contributed by atoms with Gasteiger partial charge in [-0.15, -0.1) is 0 Å². The van der Waals surface area contributed by atoms with E-state index in [1.807, 2.05) is 44.2 Å². The molecule has 0 aliphatic carbocycles. The van der Waals surface area contributed by atoms with Gasteiger partial charge in [0, 0.05) is 5.39 Å². The first-order chi connectivity index (χ1) is 13.5. The Bertz CT molecular complexity index is 993. The lowest BCUT2D eigenvalue weighted by Gasteiger charge is -2.10. The number of pyridine rings is 1. The maximum atomic E-state index is 12.0. The first kappa shape index (κ1) is 19.7. The molecule has 28 heavy (non-hydrogen) atoms. The Hall–Kier alpha value is -3.06. The van der Waals surface area contributed by atoms with Gasteiger partial charge in [-0.1, -0.05) is 41.6 Å². The van der Waals surface area contributed by atoms with Crippen LogP contribution in [-0.2, 0) is 9.59 Å². The number of benzene rings is 2. The van der Waals surface area contributed by atoms with Gasteiger partial charge in [-0.2, -0.15) is 0 Å². The molecule has 0 saturated carbocycles. The molecule has 144 valence electrons. The fraction of sp³-hybridized carbons (Fsp3) is 0.190. The number of carbonyl (C=O) groups excluding carboxylic acids is 2. The largest absolute Gasteiger partial charge is 0.484 e. The number of ether oxygens (including phenoxy) is 1. The monoisotopic (exact) mass is 395 g/mol. The third-order valence-electron chi connectivity index (χ3n) is 3.91. The molecule has 0 atom stereocenters. The van der Waals surface area contributed by atoms with Crippen LogP contribution in [0.1, 0.15) is 11.1 Å². The zero-order valence-corrected chi connectivity index (χ0v) is 16.5. The van der Waals surface area contributed by atoms with Crippen LogP contribution >= 0.6 is 11.8 Å². The van der Waals surface area contributed by atoms with Gasteiger partial charge >= 0.3 is 0 Å². The summed E-state index contributed by atoms with van der Waals surface area (Å²) in [6.45, 7) is 3.83. The summed E-state index contributed by atoms with van der Waals surface area (Å²) in [7, 11) is 0. The molecule has 2 amide bonds. The Morgan fingerprint density at radius 3 is 2.54 bits per heavy atom. The molecule has 1 heterocycles. The second kappa shape index (κ2) is 9.23. The molecule has 0 aliphatic rings. The summed E-state index contributed by atoms with van der Waals surface area (Å²) in [6, 6.07) is 17.1. The lowest BCUT2D eigenvalue weighted by atomic mass is 10.1. The standard InChI is InChI=1S/C21H21N3O3S/c1-14-8-9-18-16(10-14)11-15(2)21(22-18)28-13-20(26)24-23-19(25)12-27-17-6-4-3-5-7-17/h3-11H,12-13H2,1-2H3,(H,23,25)(H,24,26). The average molecular weight is 395 g/mol. The lowest BCUT2D eigenvalue weighted by molar-refractivity contribution is -0.128. The van der Waals surface area contributed by atoms with Crippen molar-refractivity contribution in [2.75, 3.05) is 12.4 Å². The van der Waals surface area contributed by atoms with Crippen LogP contribution in [-0.4, -0.2) is 29.2 Å². The van der Waals surface area contributed by atoms with E-state index in [2.05, 4.69) is 28.0 Å². The van der Waals surface area contributed by atoms with Crippen molar-refractivity contribution in [2.45, 2.75) is 18.9 Å². The number of amides is 2. The second-order valence-corrected chi connectivity index (χ2v) is 7.26. The molecule has 0 bridgehead atoms. The fourth-order valence-electron chi connectivity index (χ4n) is 2.54. The molecule has 1 aromatic heterocycles. The molecule has 3 rings (SSSR count). The first-order valence-corrected chi connectivity index (χ1v) is 9.76. The number of rotatable bonds is 6. The Kier molecular flexibility index (Phi) is 6.49. The van der Waals surface area contributed by atoms with Gasteiger partial charge in [0.15, 0.2) is 6.61 Å². The SMILES string of the molecule is Cc1ccc2nc(SCC(=O)NNC(=O)COc3ccccc3)c(C)cc2c1. The summed E-state index contributed by atoms with van der Waals surface area (Å²) >= 11 is 1.33. The molecule has 7 heteroatoms. The zero-order valence-electron chi connectivity index (χ0n) is 15.7. The van der Waals surface area contributed by atoms with Crippen molar-refractivity contribution in [3.63, 3.8) is 0 Å². The maximum absolute atomic E-state index is 12.0. The van der Waals surface area contributed by atoms with Crippen LogP contribution in [0.5, 0.6) is 5.75 Å². The molecule has 0 radical (unpaired) electrons. The van der Waals surface area contributed by atoms with Crippen LogP contribution in [0.25, 0.3) is 10.9 Å². The highest BCUT2D eigenvalue weighted by Crippen LogP contribution is 2.24. The molecule has 3 aromatic rings. The number of nitrogens with zero attached hydrogens (tertiary/aromatic N) is 1. The van der Waals surface area contributed by atoms with Crippen LogP contribution in [0.4, 0.5) is 0 Å². The van der Waals surface area contributed by atoms with E-state index in [1.54, 1.807) is 12.1 Å². The number of aryl methyl sites for hydroxylation is 2. The van der Waals surface area contributed by atoms with Gasteiger partial charge in [0.25, 0.3) is 5.91 Å². The number of para-hydroxylation sites is 1. The minimum Gasteiger partial charge on any atom is -0.484 e. The number of hydrazine groups is 1. The number of carbonyl (C=O) groups is 2. The van der Waals surface area contributed by atoms with Crippen molar-refractivity contribution < 1.29 is 14.3 Å². The maximum Gasteiger partial charge on any atom is 0.276 e. The van der Waals surface area contributed by atoms with Crippen LogP contribution < -0.4 is 15.6 Å². The number of fused-ring (bicyclic) bond motifs is 1. The Balaban J connectivity index is 1.46. The van der Waals surface area contributed by atoms with Gasteiger partial charge in [-0.25, -0.2) is 4.98 Å². The minimum absolute atomic E-state index is 0.144. The molecular weight excluding hydrogens is 374 g/mol. The molecule has 6 nitrogen and oxygen atoms in total. The molecule has 0 aliphatic heterocycles. The number of hydrogen-bond acceptors (Lipinski definition) is 5. The van der Waals surface area contributed by atoms with E-state index in [1.165, 1.54) is 17.3 Å². The van der Waals surface area contributed by atoms with E-state index in [4.69, 9.17) is 4.74 Å². The van der Waals surface area contributed by atoms with Gasteiger partial charge < -0.3 is 4.74 Å². The van der Waals surface area contributed by atoms with Gasteiger partial charge in [-0.05, 0) is 49.7 Å². The van der Waals surface area contributed by atoms with Crippen molar-refractivity contribution in [1.29, 1.82) is 0 Å². The third-order valence-corrected chi connectivity index (χ3v) is 5.00. The smallest absolute Gasteiger partial charge is 0.276 e. The highest BCUT2D eigenvalue weighted by molar-refractivity contribution is 7.99. The quantitative estimate of drug-likeness (QED) is 0.495. The van der Waals surface area contributed by atoms with Crippen molar-refractivity contribution in [2.24, 2.45) is 0 Å². The summed E-state index contributed by atoms with van der Waals surface area (Å²) < 4.78 is 5.32. The molecule has 0 saturated heterocycles. The molecule has 0 unspecified atom stereocenters. The molecule has 0 fully saturated rings. The van der Waals surface area contributed by atoms with E-state index in [-0.39, 0.29) is 18.3 Å². The number of thioether (sulfide) groups is 1. The molecule has 2 aromatic carbocycles. The second-order valence-electron chi connectivity index (χ2n) is 6.29. The van der Waals surface area contributed by atoms with Crippen LogP contribution in [0, 0.1) is 13.8 Å². The molecular formula is C21H21N3O3S. The van der Waals surface area contributed by atoms with Crippen molar-refractivity contribution in [1.82, 2.24) is 15.8 Å². The molecule has 0 spiro atoms. The summed E-state index contributed by atoms with van der Waals surface area (Å²) in [5.41, 5.74) is 7.81. The normalized spacial score (nSPS) is 10.5. The van der Waals surface area contributed by atoms with E-state index >= 15 is 0 Å². The number of aromatic nitrogens is 1. The predicted octanol–water partition coefficient (Wildman–Crippen LogP) is 3.17. The topological polar surface area (TPSA) is 80.3 Å². The van der Waals surface area contributed by atoms with Gasteiger partial charge in [0.1, 0.15) is 10.8 Å². The molecule has 2 N–H and O–H groups in total. The van der Waals surface area contributed by atoms with E-state index in [0.717, 1.165) is 21.5 Å². The summed E-state index contributed by atoms with van der Waals surface area (Å²) in [6.07, 6.45) is 0. The van der Waals surface area contributed by atoms with Gasteiger partial charge in [0.2, 0.25) is 5.91 Å². The van der Waals surface area contributed by atoms with Crippen LogP contribution in [0.15, 0.2) is 59.6 Å². The van der Waals surface area contributed by atoms with E-state index in [0.29, 0.717) is 5.75 Å². The van der Waals surface area contributed by atoms with Crippen molar-refractivity contribution >= 4 is 34.5 Å². The minimum atomic E-state index is -0.433. The van der Waals surface area contributed by atoms with Crippen LogP contribution in [0.2, 0.25) is 0 Å². The number of hydrogen-bond donors (Lipinski definition) is 2. The Labute approximate surface area is 167 Å².